The summed E-state index contributed by atoms with van der Waals surface area (Å²) in [6.07, 6.45) is 4.65. The Hall–Kier alpha value is -2.05. The lowest BCUT2D eigenvalue weighted by Gasteiger charge is -2.36. The number of carbonyl (C=O) groups excluding carboxylic acids is 1. The van der Waals surface area contributed by atoms with E-state index in [0.717, 1.165) is 12.4 Å². The van der Waals surface area contributed by atoms with Crippen molar-refractivity contribution in [2.75, 3.05) is 6.54 Å². The molecule has 0 aliphatic carbocycles. The Balaban J connectivity index is 2.26. The van der Waals surface area contributed by atoms with Crippen LogP contribution in [-0.4, -0.2) is 37.9 Å². The van der Waals surface area contributed by atoms with Gasteiger partial charge in [0, 0.05) is 25.5 Å². The molecule has 0 radical (unpaired) electrons. The molecular formula is C13H21N5O2. The number of nitrogens with zero attached hydrogens (tertiary/aromatic N) is 4. The lowest BCUT2D eigenvalue weighted by molar-refractivity contribution is -0.140. The summed E-state index contributed by atoms with van der Waals surface area (Å²) in [6.45, 7) is 5.56. The van der Waals surface area contributed by atoms with Gasteiger partial charge in [0.25, 0.3) is 0 Å². The van der Waals surface area contributed by atoms with Gasteiger partial charge in [0.1, 0.15) is 11.2 Å². The minimum absolute atomic E-state index is 0.0126. The Morgan fingerprint density at radius 2 is 2.20 bits per heavy atom. The molecule has 0 unspecified atom stereocenters. The third-order valence-corrected chi connectivity index (χ3v) is 4.25. The Bertz CT molecular complexity index is 519. The first-order chi connectivity index (χ1) is 9.58. The first-order valence-corrected chi connectivity index (χ1v) is 6.86. The molecule has 1 amide bonds. The quantitative estimate of drug-likeness (QED) is 0.368. The molecule has 7 nitrogen and oxygen atoms in total. The van der Waals surface area contributed by atoms with Crippen molar-refractivity contribution < 1.29 is 10.0 Å². The van der Waals surface area contributed by atoms with Crippen LogP contribution < -0.4 is 5.73 Å². The second kappa shape index (κ2) is 5.52. The van der Waals surface area contributed by atoms with Gasteiger partial charge in [-0.05, 0) is 12.8 Å². The van der Waals surface area contributed by atoms with Crippen molar-refractivity contribution in [3.8, 4) is 0 Å². The van der Waals surface area contributed by atoms with E-state index in [0.29, 0.717) is 25.9 Å². The Labute approximate surface area is 118 Å². The van der Waals surface area contributed by atoms with Crippen molar-refractivity contribution in [2.24, 2.45) is 16.3 Å². The van der Waals surface area contributed by atoms with Gasteiger partial charge in [-0.15, -0.1) is 0 Å². The summed E-state index contributed by atoms with van der Waals surface area (Å²) >= 11 is 0. The van der Waals surface area contributed by atoms with Crippen LogP contribution >= 0.6 is 0 Å². The first kappa shape index (κ1) is 14.4. The van der Waals surface area contributed by atoms with Gasteiger partial charge in [0.15, 0.2) is 5.84 Å². The molecule has 7 heteroatoms. The molecule has 1 aromatic rings. The topological polar surface area (TPSA) is 96.7 Å². The Morgan fingerprint density at radius 1 is 1.50 bits per heavy atom. The van der Waals surface area contributed by atoms with Crippen LogP contribution in [0.25, 0.3) is 0 Å². The molecule has 1 aliphatic heterocycles. The highest BCUT2D eigenvalue weighted by molar-refractivity contribution is 6.06. The molecule has 0 bridgehead atoms. The first-order valence-electron chi connectivity index (χ1n) is 6.86. The number of rotatable bonds is 4. The monoisotopic (exact) mass is 279 g/mol. The molecule has 0 saturated carbocycles. The van der Waals surface area contributed by atoms with E-state index in [2.05, 4.69) is 10.1 Å². The van der Waals surface area contributed by atoms with Gasteiger partial charge in [-0.1, -0.05) is 19.0 Å². The van der Waals surface area contributed by atoms with Crippen LogP contribution in [0.5, 0.6) is 0 Å². The maximum atomic E-state index is 12.8. The molecule has 1 aliphatic rings. The number of nitrogens with two attached hydrogens (primary N) is 1. The van der Waals surface area contributed by atoms with Crippen LogP contribution in [0.4, 0.5) is 0 Å². The third kappa shape index (κ3) is 2.13. The van der Waals surface area contributed by atoms with Crippen molar-refractivity contribution >= 4 is 11.7 Å². The van der Waals surface area contributed by atoms with E-state index < -0.39 is 5.41 Å². The van der Waals surface area contributed by atoms with Crippen LogP contribution in [0, 0.1) is 5.41 Å². The summed E-state index contributed by atoms with van der Waals surface area (Å²) < 4.78 is 2.03. The van der Waals surface area contributed by atoms with Crippen molar-refractivity contribution in [1.82, 2.24) is 14.5 Å². The normalized spacial score (nSPS) is 16.1. The average Bonchev–Trinajstić information content (AvgIpc) is 2.95. The summed E-state index contributed by atoms with van der Waals surface area (Å²) in [4.78, 5) is 18.8. The summed E-state index contributed by atoms with van der Waals surface area (Å²) in [5.74, 6) is 0.763. The predicted octanol–water partition coefficient (Wildman–Crippen LogP) is 0.778. The third-order valence-electron chi connectivity index (χ3n) is 4.25. The minimum atomic E-state index is -0.927. The standard InChI is InChI=1S/C13H21N5O2/c1-3-13(4-2,11(14)16-20)12(19)18-8-7-17-6-5-15-10(17)9-18/h5-6,20H,3-4,7-9H2,1-2H3,(H2,14,16). The molecule has 110 valence electrons. The summed E-state index contributed by atoms with van der Waals surface area (Å²) in [5, 5.41) is 12.1. The van der Waals surface area contributed by atoms with E-state index in [1.165, 1.54) is 0 Å². The van der Waals surface area contributed by atoms with Crippen molar-refractivity contribution in [3.63, 3.8) is 0 Å². The van der Waals surface area contributed by atoms with Crippen LogP contribution in [0.1, 0.15) is 32.5 Å². The van der Waals surface area contributed by atoms with Gasteiger partial charge in [0.2, 0.25) is 5.91 Å². The zero-order chi connectivity index (χ0) is 14.8. The minimum Gasteiger partial charge on any atom is -0.409 e. The number of fused-ring (bicyclic) bond motifs is 1. The van der Waals surface area contributed by atoms with Gasteiger partial charge in [0.05, 0.1) is 6.54 Å². The smallest absolute Gasteiger partial charge is 0.236 e. The molecule has 0 aromatic carbocycles. The van der Waals surface area contributed by atoms with Crippen LogP contribution in [0.2, 0.25) is 0 Å². The van der Waals surface area contributed by atoms with Gasteiger partial charge in [-0.2, -0.15) is 0 Å². The molecular weight excluding hydrogens is 258 g/mol. The number of carbonyl (C=O) groups is 1. The molecule has 3 N–H and O–H groups in total. The van der Waals surface area contributed by atoms with E-state index in [9.17, 15) is 4.79 Å². The Morgan fingerprint density at radius 3 is 2.80 bits per heavy atom. The fraction of sp³-hybridized carbons (Fsp3) is 0.615. The molecule has 1 aromatic heterocycles. The molecule has 2 rings (SSSR count). The van der Waals surface area contributed by atoms with Gasteiger partial charge >= 0.3 is 0 Å². The van der Waals surface area contributed by atoms with E-state index in [1.807, 2.05) is 24.6 Å². The summed E-state index contributed by atoms with van der Waals surface area (Å²) in [5.41, 5.74) is 4.86. The zero-order valence-corrected chi connectivity index (χ0v) is 11.9. The molecule has 0 spiro atoms. The lowest BCUT2D eigenvalue weighted by atomic mass is 9.79. The Kier molecular flexibility index (Phi) is 3.96. The van der Waals surface area contributed by atoms with Crippen LogP contribution in [-0.2, 0) is 17.9 Å². The largest absolute Gasteiger partial charge is 0.409 e. The SMILES string of the molecule is CCC(CC)(C(=O)N1CCn2ccnc2C1)C(N)=NO. The second-order valence-electron chi connectivity index (χ2n) is 5.04. The van der Waals surface area contributed by atoms with E-state index >= 15 is 0 Å². The number of oxime groups is 1. The number of hydrogen-bond donors (Lipinski definition) is 2. The van der Waals surface area contributed by atoms with Crippen molar-refractivity contribution in [3.05, 3.63) is 18.2 Å². The van der Waals surface area contributed by atoms with Gasteiger partial charge in [-0.3, -0.25) is 4.79 Å². The van der Waals surface area contributed by atoms with Gasteiger partial charge in [-0.25, -0.2) is 4.98 Å². The van der Waals surface area contributed by atoms with Crippen molar-refractivity contribution in [1.29, 1.82) is 0 Å². The molecule has 2 heterocycles. The number of amides is 1. The maximum absolute atomic E-state index is 12.8. The zero-order valence-electron chi connectivity index (χ0n) is 11.9. The van der Waals surface area contributed by atoms with Gasteiger partial charge < -0.3 is 20.4 Å². The summed E-state index contributed by atoms with van der Waals surface area (Å²) in [6, 6.07) is 0. The predicted molar refractivity (Wildman–Crippen MR) is 74.1 cm³/mol. The summed E-state index contributed by atoms with van der Waals surface area (Å²) in [7, 11) is 0. The number of aromatic nitrogens is 2. The molecule has 0 saturated heterocycles. The highest BCUT2D eigenvalue weighted by atomic mass is 16.4. The van der Waals surface area contributed by atoms with Crippen LogP contribution in [0.3, 0.4) is 0 Å². The molecule has 0 fully saturated rings. The van der Waals surface area contributed by atoms with E-state index in [-0.39, 0.29) is 11.7 Å². The fourth-order valence-corrected chi connectivity index (χ4v) is 2.77. The maximum Gasteiger partial charge on any atom is 0.236 e. The highest BCUT2D eigenvalue weighted by Gasteiger charge is 2.43. The van der Waals surface area contributed by atoms with Crippen molar-refractivity contribution in [2.45, 2.75) is 39.8 Å². The fourth-order valence-electron chi connectivity index (χ4n) is 2.77. The number of amidine groups is 1. The van der Waals surface area contributed by atoms with E-state index in [4.69, 9.17) is 10.9 Å². The van der Waals surface area contributed by atoms with Crippen LogP contribution in [0.15, 0.2) is 17.5 Å². The molecule has 0 atom stereocenters. The molecule has 20 heavy (non-hydrogen) atoms. The highest BCUT2D eigenvalue weighted by Crippen LogP contribution is 2.30. The number of imidazole rings is 1. The lowest BCUT2D eigenvalue weighted by Crippen LogP contribution is -2.52. The second-order valence-corrected chi connectivity index (χ2v) is 5.04. The average molecular weight is 279 g/mol. The number of hydrogen-bond acceptors (Lipinski definition) is 4. The van der Waals surface area contributed by atoms with E-state index in [1.54, 1.807) is 11.1 Å².